The van der Waals surface area contributed by atoms with Crippen LogP contribution >= 0.6 is 0 Å². The van der Waals surface area contributed by atoms with Crippen LogP contribution in [0.5, 0.6) is 5.75 Å². The molecule has 2 saturated heterocycles. The first-order valence-electron chi connectivity index (χ1n) is 14.5. The number of pyridine rings is 2. The molecule has 1 aromatic carbocycles. The van der Waals surface area contributed by atoms with Crippen LogP contribution in [0.25, 0.3) is 22.3 Å². The Bertz CT molecular complexity index is 1570. The topological polar surface area (TPSA) is 114 Å². The second kappa shape index (κ2) is 11.3. The van der Waals surface area contributed by atoms with Gasteiger partial charge in [0.25, 0.3) is 5.56 Å². The summed E-state index contributed by atoms with van der Waals surface area (Å²) in [6.07, 6.45) is 5.67. The van der Waals surface area contributed by atoms with E-state index >= 15 is 0 Å². The monoisotopic (exact) mass is 560 g/mol. The molecule has 2 fully saturated rings. The summed E-state index contributed by atoms with van der Waals surface area (Å²) < 4.78 is 12.7. The molecule has 0 saturated carbocycles. The summed E-state index contributed by atoms with van der Waals surface area (Å²) in [5, 5.41) is 7.90. The molecule has 3 aromatic rings. The van der Waals surface area contributed by atoms with Gasteiger partial charge in [0.2, 0.25) is 0 Å². The minimum absolute atomic E-state index is 0.0165. The van der Waals surface area contributed by atoms with E-state index in [0.717, 1.165) is 72.0 Å². The van der Waals surface area contributed by atoms with Crippen molar-refractivity contribution >= 4 is 23.0 Å². The summed E-state index contributed by atoms with van der Waals surface area (Å²) in [6, 6.07) is 8.00. The molecule has 7 rings (SSSR count). The number of amides is 1. The number of carbonyl (C=O) groups excluding carboxylic acids is 2. The predicted molar refractivity (Wildman–Crippen MR) is 153 cm³/mol. The zero-order valence-electron chi connectivity index (χ0n) is 23.6. The maximum absolute atomic E-state index is 13.2. The van der Waals surface area contributed by atoms with Gasteiger partial charge in [-0.1, -0.05) is 6.42 Å². The van der Waals surface area contributed by atoms with Crippen LogP contribution in [0, 0.1) is 6.92 Å². The molecule has 2 aromatic heterocycles. The lowest BCUT2D eigenvalue weighted by Crippen LogP contribution is -2.48. The number of nitrogens with zero attached hydrogens (tertiary/aromatic N) is 4. The highest BCUT2D eigenvalue weighted by atomic mass is 16.6. The number of carbonyl (C=O) groups is 2. The van der Waals surface area contributed by atoms with Gasteiger partial charge in [-0.15, -0.1) is 0 Å². The zero-order chi connectivity index (χ0) is 28.7. The third-order valence-corrected chi connectivity index (χ3v) is 8.94. The lowest BCUT2D eigenvalue weighted by atomic mass is 10.00. The van der Waals surface area contributed by atoms with E-state index in [1.165, 1.54) is 32.4 Å². The van der Waals surface area contributed by atoms with E-state index in [4.69, 9.17) is 19.6 Å². The van der Waals surface area contributed by atoms with Crippen LogP contribution in [0.15, 0.2) is 29.1 Å². The summed E-state index contributed by atoms with van der Waals surface area (Å²) in [6.45, 7) is 6.24. The third kappa shape index (κ3) is 4.99. The quantitative estimate of drug-likeness (QED) is 0.371. The molecule has 0 atom stereocenters. The molecule has 6 heterocycles. The van der Waals surface area contributed by atoms with E-state index < -0.39 is 0 Å². The van der Waals surface area contributed by atoms with Gasteiger partial charge in [-0.05, 0) is 81.1 Å². The summed E-state index contributed by atoms with van der Waals surface area (Å²) in [4.78, 5) is 47.3. The first-order valence-corrected chi connectivity index (χ1v) is 14.5. The van der Waals surface area contributed by atoms with E-state index in [1.807, 2.05) is 30.0 Å². The van der Waals surface area contributed by atoms with Gasteiger partial charge < -0.3 is 28.9 Å². The Balaban J connectivity index is 0.00000148. The number of esters is 1. The minimum atomic E-state index is -0.318. The fraction of sp³-hybridized carbons (Fsp3) is 0.484. The molecular weight excluding hydrogens is 524 g/mol. The lowest BCUT2D eigenvalue weighted by molar-refractivity contribution is -0.145. The van der Waals surface area contributed by atoms with Crippen molar-refractivity contribution in [1.82, 2.24) is 19.4 Å². The molecule has 1 N–H and O–H groups in total. The molecule has 1 amide bonds. The number of rotatable bonds is 2. The molecule has 10 heteroatoms. The van der Waals surface area contributed by atoms with Crippen LogP contribution in [0.1, 0.15) is 54.4 Å². The van der Waals surface area contributed by atoms with Crippen molar-refractivity contribution in [2.45, 2.75) is 64.6 Å². The van der Waals surface area contributed by atoms with E-state index in [0.29, 0.717) is 23.9 Å². The number of aliphatic hydroxyl groups is 1. The highest BCUT2D eigenvalue weighted by Gasteiger charge is 2.31. The maximum atomic E-state index is 13.2. The smallest absolute Gasteiger partial charge is 0.415 e. The van der Waals surface area contributed by atoms with Crippen LogP contribution in [0.4, 0.5) is 4.79 Å². The van der Waals surface area contributed by atoms with Gasteiger partial charge in [0, 0.05) is 37.2 Å². The fourth-order valence-corrected chi connectivity index (χ4v) is 6.69. The summed E-state index contributed by atoms with van der Waals surface area (Å²) >= 11 is 0. The molecule has 0 radical (unpaired) electrons. The number of benzene rings is 1. The lowest BCUT2D eigenvalue weighted by Gasteiger charge is -2.39. The number of hydrogen-bond donors (Lipinski definition) is 1. The number of likely N-dealkylation sites (tertiary alicyclic amines) is 2. The molecule has 0 bridgehead atoms. The first kappa shape index (κ1) is 27.4. The molecular formula is C31H36N4O6. The Morgan fingerprint density at radius 3 is 2.54 bits per heavy atom. The average Bonchev–Trinajstić information content (AvgIpc) is 3.38. The van der Waals surface area contributed by atoms with Crippen LogP contribution in [-0.2, 0) is 29.1 Å². The number of fused-ring (bicyclic) bond motifs is 5. The van der Waals surface area contributed by atoms with Gasteiger partial charge in [-0.2, -0.15) is 0 Å². The van der Waals surface area contributed by atoms with Crippen molar-refractivity contribution in [2.24, 2.45) is 0 Å². The molecule has 0 aliphatic carbocycles. The summed E-state index contributed by atoms with van der Waals surface area (Å²) in [7, 11) is 1.00. The van der Waals surface area contributed by atoms with Crippen LogP contribution in [0.3, 0.4) is 0 Å². The number of aryl methyl sites for hydroxylation is 1. The number of ether oxygens (including phenoxy) is 2. The van der Waals surface area contributed by atoms with Crippen LogP contribution in [-0.4, -0.2) is 75.9 Å². The van der Waals surface area contributed by atoms with E-state index in [1.54, 1.807) is 10.6 Å². The Morgan fingerprint density at radius 2 is 1.78 bits per heavy atom. The van der Waals surface area contributed by atoms with Gasteiger partial charge in [0.1, 0.15) is 12.4 Å². The number of aliphatic hydroxyl groups excluding tert-OH is 1. The highest BCUT2D eigenvalue weighted by molar-refractivity contribution is 5.89. The summed E-state index contributed by atoms with van der Waals surface area (Å²) in [5.74, 6) is 0.176. The highest BCUT2D eigenvalue weighted by Crippen LogP contribution is 2.37. The first-order chi connectivity index (χ1) is 20.0. The Labute approximate surface area is 238 Å². The van der Waals surface area contributed by atoms with Crippen molar-refractivity contribution in [2.75, 3.05) is 33.3 Å². The standard InChI is InChI=1S/C30H32N4O5.CH4O/c1-18-22-15-21(39-30(37)33-11-7-20(8-12-33)32-9-3-2-4-10-32)5-6-25(22)31-28-23(18)16-34-26(28)13-19-14-27(35)38-17-24(19)29(34)36;1-2/h5-6,13,15,20H,2-4,7-12,14,16-17H2,1H3;2H,1H3. The maximum Gasteiger partial charge on any atom is 0.415 e. The van der Waals surface area contributed by atoms with E-state index in [2.05, 4.69) is 4.90 Å². The van der Waals surface area contributed by atoms with Gasteiger partial charge >= 0.3 is 12.1 Å². The zero-order valence-corrected chi connectivity index (χ0v) is 23.6. The molecule has 41 heavy (non-hydrogen) atoms. The SMILES string of the molecule is CO.Cc1c2c(nc3ccc(OC(=O)N4CCC(N5CCCCC5)CC4)cc13)-c1cc3c(c(=O)n1C2)COC(=O)C3. The van der Waals surface area contributed by atoms with Crippen molar-refractivity contribution in [3.8, 4) is 17.1 Å². The van der Waals surface area contributed by atoms with Crippen LogP contribution < -0.4 is 10.3 Å². The second-order valence-electron chi connectivity index (χ2n) is 11.2. The van der Waals surface area contributed by atoms with Gasteiger partial charge in [-0.3, -0.25) is 9.59 Å². The van der Waals surface area contributed by atoms with Gasteiger partial charge in [0.15, 0.2) is 0 Å². The van der Waals surface area contributed by atoms with E-state index in [9.17, 15) is 14.4 Å². The Hall–Kier alpha value is -3.76. The van der Waals surface area contributed by atoms with E-state index in [-0.39, 0.29) is 30.6 Å². The predicted octanol–water partition coefficient (Wildman–Crippen LogP) is 3.39. The third-order valence-electron chi connectivity index (χ3n) is 8.94. The molecule has 0 spiro atoms. The molecule has 0 unspecified atom stereocenters. The molecule has 4 aliphatic heterocycles. The largest absolute Gasteiger partial charge is 0.460 e. The Kier molecular flexibility index (Phi) is 7.52. The van der Waals surface area contributed by atoms with Crippen LogP contribution in [0.2, 0.25) is 0 Å². The van der Waals surface area contributed by atoms with Crippen molar-refractivity contribution in [3.63, 3.8) is 0 Å². The Morgan fingerprint density at radius 1 is 1.02 bits per heavy atom. The van der Waals surface area contributed by atoms with Gasteiger partial charge in [-0.25, -0.2) is 9.78 Å². The molecule has 4 aliphatic rings. The van der Waals surface area contributed by atoms with Gasteiger partial charge in [0.05, 0.1) is 35.4 Å². The molecule has 216 valence electrons. The number of cyclic esters (lactones) is 1. The number of aromatic nitrogens is 2. The van der Waals surface area contributed by atoms with Crippen molar-refractivity contribution in [1.29, 1.82) is 0 Å². The minimum Gasteiger partial charge on any atom is -0.460 e. The fourth-order valence-electron chi connectivity index (χ4n) is 6.69. The molecule has 10 nitrogen and oxygen atoms in total. The average molecular weight is 561 g/mol. The number of hydrogen-bond acceptors (Lipinski definition) is 8. The van der Waals surface area contributed by atoms with Crippen molar-refractivity contribution in [3.05, 3.63) is 56.9 Å². The van der Waals surface area contributed by atoms with Crippen molar-refractivity contribution < 1.29 is 24.2 Å². The summed E-state index contributed by atoms with van der Waals surface area (Å²) in [5.41, 5.74) is 5.37. The second-order valence-corrected chi connectivity index (χ2v) is 11.2. The normalized spacial score (nSPS) is 18.6. The number of piperidine rings is 2.